The third-order valence-corrected chi connectivity index (χ3v) is 14.2. The highest BCUT2D eigenvalue weighted by Gasteiger charge is 2.47. The first-order chi connectivity index (χ1) is 31.1. The summed E-state index contributed by atoms with van der Waals surface area (Å²) in [7, 11) is 143. The maximum absolute atomic E-state index is 7.11. The summed E-state index contributed by atoms with van der Waals surface area (Å²) < 4.78 is 7.32. The summed E-state index contributed by atoms with van der Waals surface area (Å²) in [5.74, 6) is 0. The third-order valence-electron chi connectivity index (χ3n) is 14.2. The van der Waals surface area contributed by atoms with Gasteiger partial charge in [-0.1, -0.05) is 54.6 Å². The molecule has 12 rings (SSSR count). The van der Waals surface area contributed by atoms with E-state index in [4.69, 9.17) is 165 Å². The van der Waals surface area contributed by atoms with E-state index < -0.39 is 6.71 Å². The molecule has 0 spiro atoms. The van der Waals surface area contributed by atoms with Gasteiger partial charge in [-0.25, -0.2) is 0 Å². The van der Waals surface area contributed by atoms with Gasteiger partial charge in [-0.3, -0.25) is 17.9 Å². The van der Waals surface area contributed by atoms with E-state index in [9.17, 15) is 0 Å². The fraction of sp³-hybridized carbons (Fsp3) is 0. The minimum absolute atomic E-state index is 0.00610. The van der Waals surface area contributed by atoms with Crippen LogP contribution in [0.3, 0.4) is 0 Å². The Bertz CT molecular complexity index is 3880. The lowest BCUT2D eigenvalue weighted by atomic mass is 9.33. The molecule has 66 heavy (non-hydrogen) atoms. The van der Waals surface area contributed by atoms with Crippen LogP contribution in [0.2, 0.25) is 0 Å². The van der Waals surface area contributed by atoms with E-state index in [0.717, 1.165) is 0 Å². The van der Waals surface area contributed by atoms with Crippen molar-refractivity contribution < 1.29 is 0 Å². The van der Waals surface area contributed by atoms with Crippen LogP contribution in [0.1, 0.15) is 0 Å². The molecule has 0 aliphatic carbocycles. The molecule has 2 aliphatic heterocycles. The van der Waals surface area contributed by atoms with Gasteiger partial charge in [-0.05, 0) is 50.4 Å². The standard InChI is InChI=1S/C40H2B22N4/c41-9-6(10(42)14(46)17(49)13(9)45)3-1-4-30-5(2-3)64-36-27(59)21(53)23(55)29(61)38(36)66-34-8(12(44)16(48)19(51)25(34)57)32(40(64)66)62(30)31-7-11(43)15(47)18(50)24(56)33(7)65-37-28(60)22(54)20(52)26(58)35(37)63(4)39(31)65/h1-2H. The predicted molar refractivity (Wildman–Crippen MR) is 300 cm³/mol. The predicted octanol–water partition coefficient (Wildman–Crippen LogP) is -18.1. The smallest absolute Gasteiger partial charge is 0.257 e. The van der Waals surface area contributed by atoms with E-state index in [-0.39, 0.29) is 120 Å². The van der Waals surface area contributed by atoms with Crippen LogP contribution in [0.4, 0.5) is 0 Å². The van der Waals surface area contributed by atoms with Gasteiger partial charge in [0.2, 0.25) is 0 Å². The maximum Gasteiger partial charge on any atom is 0.257 e. The molecule has 6 aromatic carbocycles. The van der Waals surface area contributed by atoms with Crippen molar-refractivity contribution in [1.29, 1.82) is 0 Å². The van der Waals surface area contributed by atoms with Crippen molar-refractivity contribution in [3.8, 4) is 22.5 Å². The Balaban J connectivity index is 1.48. The number of hydrogen-bond acceptors (Lipinski definition) is 0. The second-order valence-corrected chi connectivity index (χ2v) is 17.1. The number of aromatic nitrogens is 4. The molecule has 26 heteroatoms. The van der Waals surface area contributed by atoms with E-state index in [1.54, 1.807) is 8.80 Å². The van der Waals surface area contributed by atoms with Crippen LogP contribution >= 0.6 is 0 Å². The number of benzene rings is 6. The molecule has 0 saturated carbocycles. The van der Waals surface area contributed by atoms with Crippen molar-refractivity contribution in [3.05, 3.63) is 12.1 Å². The van der Waals surface area contributed by atoms with Crippen LogP contribution in [0.15, 0.2) is 12.1 Å². The van der Waals surface area contributed by atoms with Crippen LogP contribution in [-0.2, 0) is 0 Å². The highest BCUT2D eigenvalue weighted by Crippen LogP contribution is 2.38. The van der Waals surface area contributed by atoms with E-state index in [1.807, 2.05) is 21.3 Å². The minimum atomic E-state index is -0.891. The van der Waals surface area contributed by atoms with Crippen molar-refractivity contribution in [2.75, 3.05) is 0 Å². The number of hydrogen-bond donors (Lipinski definition) is 0. The topological polar surface area (TPSA) is 18.7 Å². The molecule has 6 heterocycles. The zero-order chi connectivity index (χ0) is 47.2. The summed E-state index contributed by atoms with van der Waals surface area (Å²) in [5, 5.41) is 0.826. The minimum Gasteiger partial charge on any atom is -0.295 e. The van der Waals surface area contributed by atoms with Gasteiger partial charge in [0.1, 0.15) is 176 Å². The van der Waals surface area contributed by atoms with Crippen LogP contribution < -0.4 is 131 Å². The first-order valence-electron chi connectivity index (χ1n) is 20.0. The SMILES string of the molecule is [B]c1c([B])c([B])c(-c2cc3c4c(c2)-n2c5c([B])c([B])c([B])c([B])c5n5c6c([B])c([B])c([B])c([B])c6c(c25)B4c2c4c([B])c([B])c([B])c([B])c4n4c5c([B])c([B])c([B])c([B])c5n-3c24)c([B])c1[B]. The Morgan fingerprint density at radius 2 is 0.545 bits per heavy atom. The van der Waals surface area contributed by atoms with E-state index in [2.05, 4.69) is 0 Å². The summed E-state index contributed by atoms with van der Waals surface area (Å²) >= 11 is 0. The van der Waals surface area contributed by atoms with Crippen molar-refractivity contribution >= 4 is 358 Å². The van der Waals surface area contributed by atoms with Crippen LogP contribution in [0, 0.1) is 0 Å². The van der Waals surface area contributed by atoms with Crippen molar-refractivity contribution in [2.24, 2.45) is 0 Å². The largest absolute Gasteiger partial charge is 0.295 e. The van der Waals surface area contributed by atoms with E-state index >= 15 is 0 Å². The third kappa shape index (κ3) is 4.54. The molecule has 0 saturated heterocycles. The fourth-order valence-corrected chi connectivity index (χ4v) is 11.0. The van der Waals surface area contributed by atoms with Crippen molar-refractivity contribution in [3.63, 3.8) is 0 Å². The Morgan fingerprint density at radius 3 is 0.894 bits per heavy atom. The van der Waals surface area contributed by atoms with Gasteiger partial charge in [-0.15, -0.1) is 60.1 Å². The summed E-state index contributed by atoms with van der Waals surface area (Å²) in [6.45, 7) is -0.891. The second-order valence-electron chi connectivity index (χ2n) is 17.1. The van der Waals surface area contributed by atoms with Gasteiger partial charge < -0.3 is 0 Å². The molecule has 0 bridgehead atoms. The van der Waals surface area contributed by atoms with Crippen LogP contribution in [-0.4, -0.2) is 189 Å². The number of fused-ring (bicyclic) bond motifs is 16. The average Bonchev–Trinajstić information content (AvgIpc) is 4.04. The normalized spacial score (nSPS) is 12.9. The Morgan fingerprint density at radius 1 is 0.273 bits per heavy atom. The molecule has 0 amide bonds. The molecule has 0 atom stereocenters. The zero-order valence-electron chi connectivity index (χ0n) is 34.6. The lowest BCUT2D eigenvalue weighted by molar-refractivity contribution is 1.12. The maximum atomic E-state index is 7.11. The van der Waals surface area contributed by atoms with Gasteiger partial charge in [0, 0.05) is 22.4 Å². The quantitative estimate of drug-likeness (QED) is 0.148. The molecule has 0 N–H and O–H groups in total. The molecular weight excluding hydrogens is 774 g/mol. The number of imidazole rings is 2. The first kappa shape index (κ1) is 42.8. The molecule has 4 aromatic heterocycles. The molecule has 2 aliphatic rings. The van der Waals surface area contributed by atoms with Crippen LogP contribution in [0.5, 0.6) is 0 Å². The first-order valence-corrected chi connectivity index (χ1v) is 20.0. The van der Waals surface area contributed by atoms with Crippen LogP contribution in [0.25, 0.3) is 77.7 Å². The Labute approximate surface area is 407 Å². The molecular formula is C40H2B22N4. The number of nitrogens with zero attached hydrogens (tertiary/aromatic N) is 4. The summed E-state index contributed by atoms with van der Waals surface area (Å²) in [5.41, 5.74) is 7.10. The zero-order valence-corrected chi connectivity index (χ0v) is 34.6. The molecule has 4 nitrogen and oxygen atoms in total. The molecule has 0 fully saturated rings. The summed E-state index contributed by atoms with van der Waals surface area (Å²) in [6, 6.07) is 3.67. The monoisotopic (exact) mass is 780 g/mol. The number of rotatable bonds is 1. The molecule has 42 radical (unpaired) electrons. The average molecular weight is 776 g/mol. The molecule has 248 valence electrons. The van der Waals surface area contributed by atoms with Gasteiger partial charge in [0.25, 0.3) is 6.71 Å². The molecule has 0 unspecified atom stereocenters. The van der Waals surface area contributed by atoms with Crippen molar-refractivity contribution in [1.82, 2.24) is 17.9 Å². The van der Waals surface area contributed by atoms with Gasteiger partial charge in [-0.2, -0.15) is 0 Å². The van der Waals surface area contributed by atoms with Gasteiger partial charge in [0.15, 0.2) is 0 Å². The van der Waals surface area contributed by atoms with E-state index in [1.165, 1.54) is 0 Å². The second kappa shape index (κ2) is 13.4. The summed E-state index contributed by atoms with van der Waals surface area (Å²) in [4.78, 5) is 0. The highest BCUT2D eigenvalue weighted by molar-refractivity contribution is 7.04. The van der Waals surface area contributed by atoms with Crippen molar-refractivity contribution in [2.45, 2.75) is 0 Å². The Hall–Kier alpha value is -4.57. The van der Waals surface area contributed by atoms with E-state index in [0.29, 0.717) is 88.5 Å². The van der Waals surface area contributed by atoms with Gasteiger partial charge in [0.05, 0.1) is 22.1 Å². The molecule has 10 aromatic rings. The summed E-state index contributed by atoms with van der Waals surface area (Å²) in [6.07, 6.45) is 0. The highest BCUT2D eigenvalue weighted by atomic mass is 15.2. The lowest BCUT2D eigenvalue weighted by Gasteiger charge is -2.34. The fourth-order valence-electron chi connectivity index (χ4n) is 11.0. The Kier molecular flexibility index (Phi) is 8.65. The lowest BCUT2D eigenvalue weighted by Crippen LogP contribution is -2.61. The van der Waals surface area contributed by atoms with Gasteiger partial charge >= 0.3 is 0 Å².